The Balaban J connectivity index is 0.000000553. The maximum Gasteiger partial charge on any atom is 0.490 e. The molecule has 0 heterocycles. The van der Waals surface area contributed by atoms with E-state index in [4.69, 9.17) is 15.6 Å². The zero-order valence-electron chi connectivity index (χ0n) is 16.3. The zero-order chi connectivity index (χ0) is 23.1. The summed E-state index contributed by atoms with van der Waals surface area (Å²) >= 11 is 0. The number of rotatable bonds is 6. The average Bonchev–Trinajstić information content (AvgIpc) is 2.65. The summed E-state index contributed by atoms with van der Waals surface area (Å²) < 4.78 is 45.9. The number of alkyl halides is 3. The fourth-order valence-electron chi connectivity index (χ4n) is 2.64. The number of carbonyl (C=O) groups excluding carboxylic acids is 1. The fourth-order valence-corrected chi connectivity index (χ4v) is 2.64. The zero-order valence-corrected chi connectivity index (χ0v) is 16.3. The highest BCUT2D eigenvalue weighted by molar-refractivity contribution is 5.92. The molecule has 0 saturated carbocycles. The molecule has 0 saturated heterocycles. The molecule has 1 amide bonds. The van der Waals surface area contributed by atoms with E-state index in [0.717, 1.165) is 17.2 Å². The van der Waals surface area contributed by atoms with Gasteiger partial charge in [0.15, 0.2) is 0 Å². The van der Waals surface area contributed by atoms with Crippen molar-refractivity contribution in [1.82, 2.24) is 4.90 Å². The van der Waals surface area contributed by atoms with Gasteiger partial charge < -0.3 is 15.9 Å². The van der Waals surface area contributed by atoms with Crippen LogP contribution in [0.15, 0.2) is 42.5 Å². The highest BCUT2D eigenvalue weighted by atomic mass is 19.4. The van der Waals surface area contributed by atoms with E-state index in [1.54, 1.807) is 6.07 Å². The summed E-state index contributed by atoms with van der Waals surface area (Å²) in [7, 11) is 1.83. The van der Waals surface area contributed by atoms with E-state index in [0.29, 0.717) is 12.1 Å². The molecule has 0 radical (unpaired) electrons. The third kappa shape index (κ3) is 7.12. The number of likely N-dealkylation sites (N-methyl/N-ethyl adjacent to an activating group) is 1. The van der Waals surface area contributed by atoms with Gasteiger partial charge in [-0.25, -0.2) is 9.18 Å². The van der Waals surface area contributed by atoms with Crippen LogP contribution in [0.2, 0.25) is 0 Å². The van der Waals surface area contributed by atoms with Gasteiger partial charge in [0.2, 0.25) is 5.91 Å². The van der Waals surface area contributed by atoms with Crippen molar-refractivity contribution in [2.45, 2.75) is 25.7 Å². The van der Waals surface area contributed by atoms with Crippen LogP contribution in [0.4, 0.5) is 17.6 Å². The number of aliphatic hydroxyl groups is 1. The Morgan fingerprint density at radius 3 is 2.17 bits per heavy atom. The number of aliphatic hydroxyl groups excluding tert-OH is 1. The minimum absolute atomic E-state index is 0.0671. The van der Waals surface area contributed by atoms with Crippen LogP contribution in [-0.4, -0.2) is 46.8 Å². The number of aryl methyl sites for hydroxylation is 1. The number of nitrogens with zero attached hydrogens (tertiary/aromatic N) is 1. The van der Waals surface area contributed by atoms with Crippen LogP contribution in [0, 0.1) is 12.7 Å². The Labute approximate surface area is 170 Å². The van der Waals surface area contributed by atoms with Crippen molar-refractivity contribution >= 4 is 11.9 Å². The van der Waals surface area contributed by atoms with Gasteiger partial charge >= 0.3 is 12.1 Å². The van der Waals surface area contributed by atoms with E-state index in [1.165, 1.54) is 6.07 Å². The summed E-state index contributed by atoms with van der Waals surface area (Å²) in [6.07, 6.45) is -5.08. The molecule has 0 aromatic heterocycles. The number of benzene rings is 2. The van der Waals surface area contributed by atoms with Crippen molar-refractivity contribution in [2.24, 2.45) is 5.73 Å². The minimum atomic E-state index is -5.08. The van der Waals surface area contributed by atoms with Gasteiger partial charge in [0.25, 0.3) is 0 Å². The van der Waals surface area contributed by atoms with Crippen molar-refractivity contribution in [3.8, 4) is 0 Å². The van der Waals surface area contributed by atoms with E-state index in [-0.39, 0.29) is 18.2 Å². The fraction of sp³-hybridized carbons (Fsp3) is 0.300. The van der Waals surface area contributed by atoms with E-state index < -0.39 is 23.9 Å². The summed E-state index contributed by atoms with van der Waals surface area (Å²) in [5, 5.41) is 16.9. The average molecular weight is 430 g/mol. The van der Waals surface area contributed by atoms with Gasteiger partial charge in [0, 0.05) is 17.7 Å². The third-order valence-electron chi connectivity index (χ3n) is 4.25. The second-order valence-corrected chi connectivity index (χ2v) is 6.44. The van der Waals surface area contributed by atoms with Crippen molar-refractivity contribution < 1.29 is 37.4 Å². The van der Waals surface area contributed by atoms with Crippen molar-refractivity contribution in [1.29, 1.82) is 0 Å². The van der Waals surface area contributed by atoms with Gasteiger partial charge in [-0.3, -0.25) is 9.69 Å². The number of nitrogens with two attached hydrogens (primary N) is 1. The van der Waals surface area contributed by atoms with Crippen molar-refractivity contribution in [3.05, 3.63) is 70.5 Å². The maximum atomic E-state index is 14.1. The van der Waals surface area contributed by atoms with Gasteiger partial charge in [-0.15, -0.1) is 0 Å². The first kappa shape index (κ1) is 25.1. The van der Waals surface area contributed by atoms with Gasteiger partial charge in [-0.2, -0.15) is 13.2 Å². The quantitative estimate of drug-likeness (QED) is 0.612. The molecule has 10 heteroatoms. The number of hydrogen-bond donors (Lipinski definition) is 3. The third-order valence-corrected chi connectivity index (χ3v) is 4.25. The Kier molecular flexibility index (Phi) is 8.94. The first-order chi connectivity index (χ1) is 13.9. The summed E-state index contributed by atoms with van der Waals surface area (Å²) in [6, 6.07) is 11.8. The molecule has 0 aliphatic carbocycles. The Morgan fingerprint density at radius 1 is 1.17 bits per heavy atom. The molecule has 1 unspecified atom stereocenters. The SMILES string of the molecule is Cc1ccccc1C(CO)N(C)Cc1ccc(C(N)=O)cc1F.O=C(O)C(F)(F)F. The Morgan fingerprint density at radius 2 is 1.73 bits per heavy atom. The number of aliphatic carboxylic acids is 1. The Hall–Kier alpha value is -2.98. The molecule has 0 aliphatic heterocycles. The molecule has 0 aliphatic rings. The molecule has 164 valence electrons. The van der Waals surface area contributed by atoms with E-state index in [9.17, 15) is 27.5 Å². The number of carboxylic acid groups (broad SMARTS) is 1. The number of carbonyl (C=O) groups is 2. The van der Waals surface area contributed by atoms with E-state index >= 15 is 0 Å². The smallest absolute Gasteiger partial charge is 0.475 e. The molecule has 2 rings (SSSR count). The van der Waals surface area contributed by atoms with Crippen LogP contribution in [0.3, 0.4) is 0 Å². The van der Waals surface area contributed by atoms with Gasteiger partial charge in [-0.05, 0) is 37.2 Å². The van der Waals surface area contributed by atoms with Gasteiger partial charge in [0.1, 0.15) is 5.82 Å². The first-order valence-electron chi connectivity index (χ1n) is 8.63. The lowest BCUT2D eigenvalue weighted by atomic mass is 10.00. The summed E-state index contributed by atoms with van der Waals surface area (Å²) in [5.74, 6) is -3.89. The number of hydrogen-bond acceptors (Lipinski definition) is 4. The molecule has 1 atom stereocenters. The van der Waals surface area contributed by atoms with Crippen molar-refractivity contribution in [3.63, 3.8) is 0 Å². The summed E-state index contributed by atoms with van der Waals surface area (Å²) in [5.41, 5.74) is 7.82. The van der Waals surface area contributed by atoms with Crippen LogP contribution in [0.5, 0.6) is 0 Å². The molecule has 4 N–H and O–H groups in total. The van der Waals surface area contributed by atoms with Gasteiger partial charge in [-0.1, -0.05) is 30.3 Å². The lowest BCUT2D eigenvalue weighted by Gasteiger charge is -2.28. The van der Waals surface area contributed by atoms with Gasteiger partial charge in [0.05, 0.1) is 12.6 Å². The predicted molar refractivity (Wildman–Crippen MR) is 101 cm³/mol. The van der Waals surface area contributed by atoms with Crippen LogP contribution in [0.1, 0.15) is 33.1 Å². The molecule has 0 bridgehead atoms. The van der Waals surface area contributed by atoms with Crippen LogP contribution in [-0.2, 0) is 11.3 Å². The minimum Gasteiger partial charge on any atom is -0.475 e. The number of halogens is 4. The first-order valence-corrected chi connectivity index (χ1v) is 8.63. The molecule has 2 aromatic carbocycles. The molecule has 2 aromatic rings. The lowest BCUT2D eigenvalue weighted by Crippen LogP contribution is -2.28. The normalized spacial score (nSPS) is 12.1. The number of primary amides is 1. The van der Waals surface area contributed by atoms with Crippen LogP contribution < -0.4 is 5.73 Å². The molecular formula is C20H22F4N2O4. The van der Waals surface area contributed by atoms with Crippen LogP contribution in [0.25, 0.3) is 0 Å². The van der Waals surface area contributed by atoms with E-state index in [1.807, 2.05) is 43.1 Å². The van der Waals surface area contributed by atoms with E-state index in [2.05, 4.69) is 0 Å². The monoisotopic (exact) mass is 430 g/mol. The number of carboxylic acids is 1. The van der Waals surface area contributed by atoms with Crippen molar-refractivity contribution in [2.75, 3.05) is 13.7 Å². The highest BCUT2D eigenvalue weighted by Crippen LogP contribution is 2.24. The molecular weight excluding hydrogens is 408 g/mol. The number of amides is 1. The highest BCUT2D eigenvalue weighted by Gasteiger charge is 2.38. The standard InChI is InChI=1S/C18H21FN2O2.C2HF3O2/c1-12-5-3-4-6-15(12)17(11-22)21(2)10-14-8-7-13(18(20)23)9-16(14)19;3-2(4,5)1(6)7/h3-9,17,22H,10-11H2,1-2H3,(H2,20,23);(H,6,7). The Bertz CT molecular complexity index is 887. The summed E-state index contributed by atoms with van der Waals surface area (Å²) in [4.78, 5) is 21.9. The molecule has 6 nitrogen and oxygen atoms in total. The maximum absolute atomic E-state index is 14.1. The lowest BCUT2D eigenvalue weighted by molar-refractivity contribution is -0.192. The topological polar surface area (TPSA) is 104 Å². The summed E-state index contributed by atoms with van der Waals surface area (Å²) in [6.45, 7) is 2.22. The van der Waals surface area contributed by atoms with Crippen LogP contribution >= 0.6 is 0 Å². The largest absolute Gasteiger partial charge is 0.490 e. The molecule has 0 fully saturated rings. The molecule has 30 heavy (non-hydrogen) atoms. The second kappa shape index (κ2) is 10.7. The second-order valence-electron chi connectivity index (χ2n) is 6.44. The molecule has 0 spiro atoms. The predicted octanol–water partition coefficient (Wildman–Crippen LogP) is 3.03.